The number of nitrogens with zero attached hydrogens (tertiary/aromatic N) is 3. The van der Waals surface area contributed by atoms with Gasteiger partial charge in [-0.3, -0.25) is 14.3 Å². The molecule has 1 amide bonds. The van der Waals surface area contributed by atoms with Gasteiger partial charge in [0, 0.05) is 30.7 Å². The Morgan fingerprint density at radius 1 is 1.18 bits per heavy atom. The van der Waals surface area contributed by atoms with Gasteiger partial charge in [-0.05, 0) is 76.4 Å². The Kier molecular flexibility index (Phi) is 6.46. The number of pyridine rings is 1. The number of carbonyl (C=O) groups excluding carboxylic acids is 1. The Morgan fingerprint density at radius 2 is 1.97 bits per heavy atom. The Labute approximate surface area is 193 Å². The third-order valence-corrected chi connectivity index (χ3v) is 7.07. The lowest BCUT2D eigenvalue weighted by molar-refractivity contribution is 0.0675. The monoisotopic (exact) mass is 451 g/mol. The number of amides is 1. The molecular formula is C25H33N5O3. The minimum atomic E-state index is -0.148. The van der Waals surface area contributed by atoms with Gasteiger partial charge >= 0.3 is 0 Å². The van der Waals surface area contributed by atoms with Crippen molar-refractivity contribution in [2.45, 2.75) is 51.5 Å². The molecule has 2 aliphatic rings. The summed E-state index contributed by atoms with van der Waals surface area (Å²) in [5.41, 5.74) is 2.89. The summed E-state index contributed by atoms with van der Waals surface area (Å²) in [7, 11) is 0. The van der Waals surface area contributed by atoms with Crippen LogP contribution in [0.4, 0.5) is 0 Å². The van der Waals surface area contributed by atoms with Gasteiger partial charge in [0.15, 0.2) is 0 Å². The van der Waals surface area contributed by atoms with E-state index in [1.54, 1.807) is 6.20 Å². The lowest BCUT2D eigenvalue weighted by Crippen LogP contribution is -2.33. The average molecular weight is 452 g/mol. The number of aromatic nitrogens is 3. The first-order valence-electron chi connectivity index (χ1n) is 12.2. The van der Waals surface area contributed by atoms with Crippen molar-refractivity contribution >= 4 is 27.7 Å². The number of H-pyrrole nitrogens is 1. The molecule has 2 N–H and O–H groups in total. The normalized spacial score (nSPS) is 18.2. The third-order valence-electron chi connectivity index (χ3n) is 7.07. The van der Waals surface area contributed by atoms with Crippen molar-refractivity contribution in [3.8, 4) is 0 Å². The molecule has 2 saturated heterocycles. The molecule has 33 heavy (non-hydrogen) atoms. The van der Waals surface area contributed by atoms with Crippen molar-refractivity contribution in [3.63, 3.8) is 0 Å². The first-order valence-corrected chi connectivity index (χ1v) is 12.2. The Balaban J connectivity index is 1.40. The van der Waals surface area contributed by atoms with Gasteiger partial charge in [-0.2, -0.15) is 5.10 Å². The number of fused-ring (bicyclic) bond motifs is 3. The maximum atomic E-state index is 13.1. The molecule has 8 heteroatoms. The average Bonchev–Trinajstić information content (AvgIpc) is 3.29. The maximum Gasteiger partial charge on any atom is 0.259 e. The SMILES string of the molecule is Cc1cc2[nH]c(=O)c3cnn(C4CCOCC4)c3c2cc1C(=O)NCCCN1CCCCC1. The highest BCUT2D eigenvalue weighted by Gasteiger charge is 2.22. The Bertz CT molecular complexity index is 1200. The van der Waals surface area contributed by atoms with E-state index in [-0.39, 0.29) is 17.5 Å². The Hall–Kier alpha value is -2.71. The highest BCUT2D eigenvalue weighted by molar-refractivity contribution is 6.07. The number of carbonyl (C=O) groups is 1. The molecule has 0 atom stereocenters. The summed E-state index contributed by atoms with van der Waals surface area (Å²) in [6.07, 6.45) is 8.21. The molecule has 8 nitrogen and oxygen atoms in total. The topological polar surface area (TPSA) is 92.2 Å². The minimum absolute atomic E-state index is 0.0653. The van der Waals surface area contributed by atoms with Crippen molar-refractivity contribution < 1.29 is 9.53 Å². The first-order chi connectivity index (χ1) is 16.1. The Morgan fingerprint density at radius 3 is 2.76 bits per heavy atom. The number of hydrogen-bond donors (Lipinski definition) is 2. The standard InChI is InChI=1S/C25H33N5O3/c1-17-14-22-20(15-19(17)24(31)26-8-5-11-29-9-3-2-4-10-29)23-21(25(32)28-22)16-27-30(23)18-6-12-33-13-7-18/h14-16,18H,2-13H2,1H3,(H,26,31)(H,28,32). The fourth-order valence-electron chi connectivity index (χ4n) is 5.23. The minimum Gasteiger partial charge on any atom is -0.381 e. The van der Waals surface area contributed by atoms with Gasteiger partial charge in [-0.25, -0.2) is 0 Å². The number of aryl methyl sites for hydroxylation is 1. The molecule has 0 saturated carbocycles. The van der Waals surface area contributed by atoms with Crippen LogP contribution < -0.4 is 10.9 Å². The summed E-state index contributed by atoms with van der Waals surface area (Å²) >= 11 is 0. The molecule has 176 valence electrons. The number of piperidine rings is 1. The molecule has 0 bridgehead atoms. The van der Waals surface area contributed by atoms with E-state index in [1.807, 2.05) is 23.7 Å². The summed E-state index contributed by atoms with van der Waals surface area (Å²) in [4.78, 5) is 31.2. The van der Waals surface area contributed by atoms with Crippen LogP contribution in [0.1, 0.15) is 60.5 Å². The largest absolute Gasteiger partial charge is 0.381 e. The van der Waals surface area contributed by atoms with Crippen LogP contribution in [-0.4, -0.2) is 65.0 Å². The first kappa shape index (κ1) is 22.1. The number of rotatable bonds is 6. The number of benzene rings is 1. The van der Waals surface area contributed by atoms with E-state index in [2.05, 4.69) is 20.3 Å². The molecule has 0 unspecified atom stereocenters. The van der Waals surface area contributed by atoms with Crippen LogP contribution >= 0.6 is 0 Å². The summed E-state index contributed by atoms with van der Waals surface area (Å²) in [5.74, 6) is -0.0653. The second kappa shape index (κ2) is 9.65. The van der Waals surface area contributed by atoms with Crippen LogP contribution in [0.25, 0.3) is 21.8 Å². The lowest BCUT2D eigenvalue weighted by Gasteiger charge is -2.26. The number of aromatic amines is 1. The summed E-state index contributed by atoms with van der Waals surface area (Å²) in [5, 5.41) is 9.09. The number of likely N-dealkylation sites (tertiary alicyclic amines) is 1. The molecule has 2 aromatic heterocycles. The van der Waals surface area contributed by atoms with Crippen LogP contribution in [0.3, 0.4) is 0 Å². The van der Waals surface area contributed by atoms with E-state index >= 15 is 0 Å². The van der Waals surface area contributed by atoms with Gasteiger partial charge in [-0.15, -0.1) is 0 Å². The maximum absolute atomic E-state index is 13.1. The van der Waals surface area contributed by atoms with Crippen LogP contribution in [0.15, 0.2) is 23.1 Å². The smallest absolute Gasteiger partial charge is 0.259 e. The van der Waals surface area contributed by atoms with Crippen molar-refractivity contribution in [2.24, 2.45) is 0 Å². The number of ether oxygens (including phenoxy) is 1. The van der Waals surface area contributed by atoms with Crippen LogP contribution in [0, 0.1) is 6.92 Å². The van der Waals surface area contributed by atoms with E-state index in [4.69, 9.17) is 4.74 Å². The fraction of sp³-hybridized carbons (Fsp3) is 0.560. The molecule has 1 aromatic carbocycles. The van der Waals surface area contributed by atoms with Gasteiger partial charge in [-0.1, -0.05) is 6.42 Å². The van der Waals surface area contributed by atoms with E-state index < -0.39 is 0 Å². The molecule has 2 aliphatic heterocycles. The highest BCUT2D eigenvalue weighted by atomic mass is 16.5. The predicted molar refractivity (Wildman–Crippen MR) is 129 cm³/mol. The number of nitrogens with one attached hydrogen (secondary N) is 2. The molecule has 3 aromatic rings. The zero-order chi connectivity index (χ0) is 22.8. The molecule has 0 spiro atoms. The van der Waals surface area contributed by atoms with Gasteiger partial charge in [0.05, 0.1) is 28.7 Å². The summed E-state index contributed by atoms with van der Waals surface area (Å²) < 4.78 is 7.47. The van der Waals surface area contributed by atoms with Crippen molar-refractivity contribution in [2.75, 3.05) is 39.4 Å². The van der Waals surface area contributed by atoms with Gasteiger partial charge in [0.1, 0.15) is 0 Å². The van der Waals surface area contributed by atoms with Crippen LogP contribution in [0.2, 0.25) is 0 Å². The molecular weight excluding hydrogens is 418 g/mol. The molecule has 0 aliphatic carbocycles. The molecule has 5 rings (SSSR count). The van der Waals surface area contributed by atoms with Gasteiger partial charge in [0.2, 0.25) is 0 Å². The van der Waals surface area contributed by atoms with E-state index in [0.717, 1.165) is 47.8 Å². The second-order valence-electron chi connectivity index (χ2n) is 9.37. The van der Waals surface area contributed by atoms with Crippen molar-refractivity contribution in [3.05, 3.63) is 39.8 Å². The van der Waals surface area contributed by atoms with Crippen molar-refractivity contribution in [1.29, 1.82) is 0 Å². The van der Waals surface area contributed by atoms with E-state index in [9.17, 15) is 9.59 Å². The molecule has 2 fully saturated rings. The van der Waals surface area contributed by atoms with Crippen molar-refractivity contribution in [1.82, 2.24) is 25.0 Å². The summed E-state index contributed by atoms with van der Waals surface area (Å²) in [6.45, 7) is 7.34. The third kappa shape index (κ3) is 4.54. The van der Waals surface area contributed by atoms with Crippen LogP contribution in [0.5, 0.6) is 0 Å². The second-order valence-corrected chi connectivity index (χ2v) is 9.37. The fourth-order valence-corrected chi connectivity index (χ4v) is 5.23. The lowest BCUT2D eigenvalue weighted by atomic mass is 10.0. The predicted octanol–water partition coefficient (Wildman–Crippen LogP) is 3.14. The van der Waals surface area contributed by atoms with Gasteiger partial charge in [0.25, 0.3) is 11.5 Å². The van der Waals surface area contributed by atoms with Gasteiger partial charge < -0.3 is 19.9 Å². The zero-order valence-corrected chi connectivity index (χ0v) is 19.4. The van der Waals surface area contributed by atoms with E-state index in [0.29, 0.717) is 30.7 Å². The summed E-state index contributed by atoms with van der Waals surface area (Å²) in [6, 6.07) is 4.01. The quantitative estimate of drug-likeness (QED) is 0.562. The molecule has 4 heterocycles. The highest BCUT2D eigenvalue weighted by Crippen LogP contribution is 2.29. The molecule has 0 radical (unpaired) electrons. The van der Waals surface area contributed by atoms with E-state index in [1.165, 1.54) is 32.4 Å². The number of hydrogen-bond acceptors (Lipinski definition) is 5. The zero-order valence-electron chi connectivity index (χ0n) is 19.4. The van der Waals surface area contributed by atoms with Crippen LogP contribution in [-0.2, 0) is 4.74 Å².